The van der Waals surface area contributed by atoms with Gasteiger partial charge in [-0.3, -0.25) is 24.6 Å². The van der Waals surface area contributed by atoms with E-state index in [9.17, 15) is 24.5 Å². The summed E-state index contributed by atoms with van der Waals surface area (Å²) in [4.78, 5) is 49.0. The zero-order chi connectivity index (χ0) is 23.4. The van der Waals surface area contributed by atoms with Crippen LogP contribution in [0.1, 0.15) is 21.5 Å². The second-order valence-corrected chi connectivity index (χ2v) is 8.01. The highest BCUT2D eigenvalue weighted by molar-refractivity contribution is 8.18. The van der Waals surface area contributed by atoms with Crippen LogP contribution < -0.4 is 4.74 Å². The van der Waals surface area contributed by atoms with Gasteiger partial charge in [-0.05, 0) is 47.2 Å². The molecule has 0 spiro atoms. The lowest BCUT2D eigenvalue weighted by Crippen LogP contribution is -2.27. The number of ether oxygens (including phenoxy) is 1. The van der Waals surface area contributed by atoms with Crippen molar-refractivity contribution in [2.75, 3.05) is 0 Å². The van der Waals surface area contributed by atoms with Gasteiger partial charge in [-0.1, -0.05) is 48.5 Å². The Morgan fingerprint density at radius 3 is 2.42 bits per heavy atom. The Balaban J connectivity index is 1.43. The Morgan fingerprint density at radius 2 is 1.73 bits per heavy atom. The van der Waals surface area contributed by atoms with Crippen molar-refractivity contribution in [2.24, 2.45) is 0 Å². The molecule has 1 aliphatic heterocycles. The summed E-state index contributed by atoms with van der Waals surface area (Å²) in [6, 6.07) is 20.9. The largest absolute Gasteiger partial charge is 0.423 e. The second kappa shape index (κ2) is 9.49. The smallest absolute Gasteiger partial charge is 0.343 e. The molecule has 1 saturated heterocycles. The summed E-state index contributed by atoms with van der Waals surface area (Å²) in [5.41, 5.74) is 1.35. The van der Waals surface area contributed by atoms with Gasteiger partial charge in [0, 0.05) is 12.1 Å². The second-order valence-electron chi connectivity index (χ2n) is 7.02. The standard InChI is InChI=1S/C24H16N2O6S/c27-22-21(33-24(29)25(22)15-17-5-2-1-3-6-17)13-16-9-11-20(12-10-16)32-23(28)18-7-4-8-19(14-18)26(30)31/h1-14H,15H2/b21-13-. The number of hydrogen-bond donors (Lipinski definition) is 0. The van der Waals surface area contributed by atoms with Gasteiger partial charge in [-0.25, -0.2) is 4.79 Å². The van der Waals surface area contributed by atoms with Crippen molar-refractivity contribution < 1.29 is 24.0 Å². The number of imide groups is 1. The summed E-state index contributed by atoms with van der Waals surface area (Å²) >= 11 is 0.870. The van der Waals surface area contributed by atoms with Gasteiger partial charge in [0.05, 0.1) is 21.9 Å². The zero-order valence-electron chi connectivity index (χ0n) is 17.0. The molecule has 0 aliphatic carbocycles. The van der Waals surface area contributed by atoms with Crippen LogP contribution in [0.3, 0.4) is 0 Å². The first-order chi connectivity index (χ1) is 15.9. The van der Waals surface area contributed by atoms with E-state index in [0.717, 1.165) is 23.4 Å². The first kappa shape index (κ1) is 22.0. The number of esters is 1. The van der Waals surface area contributed by atoms with Crippen molar-refractivity contribution in [1.82, 2.24) is 4.90 Å². The topological polar surface area (TPSA) is 107 Å². The Labute approximate surface area is 192 Å². The molecule has 0 aromatic heterocycles. The normalized spacial score (nSPS) is 14.5. The Kier molecular flexibility index (Phi) is 6.32. The van der Waals surface area contributed by atoms with E-state index in [2.05, 4.69) is 0 Å². The van der Waals surface area contributed by atoms with Crippen molar-refractivity contribution in [1.29, 1.82) is 0 Å². The first-order valence-electron chi connectivity index (χ1n) is 9.77. The summed E-state index contributed by atoms with van der Waals surface area (Å²) < 4.78 is 5.27. The molecule has 0 bridgehead atoms. The van der Waals surface area contributed by atoms with E-state index in [4.69, 9.17) is 4.74 Å². The number of benzene rings is 3. The van der Waals surface area contributed by atoms with E-state index >= 15 is 0 Å². The molecule has 33 heavy (non-hydrogen) atoms. The van der Waals surface area contributed by atoms with Gasteiger partial charge in [0.15, 0.2) is 0 Å². The van der Waals surface area contributed by atoms with Crippen molar-refractivity contribution in [3.05, 3.63) is 111 Å². The van der Waals surface area contributed by atoms with Crippen LogP contribution in [0.15, 0.2) is 83.8 Å². The Hall–Kier alpha value is -4.24. The molecule has 0 saturated carbocycles. The zero-order valence-corrected chi connectivity index (χ0v) is 17.9. The first-order valence-corrected chi connectivity index (χ1v) is 10.6. The predicted octanol–water partition coefficient (Wildman–Crippen LogP) is 5.05. The van der Waals surface area contributed by atoms with Crippen LogP contribution in [0, 0.1) is 10.1 Å². The number of amides is 2. The number of nitrogens with zero attached hydrogens (tertiary/aromatic N) is 2. The lowest BCUT2D eigenvalue weighted by molar-refractivity contribution is -0.384. The van der Waals surface area contributed by atoms with Crippen LogP contribution in [0.5, 0.6) is 5.75 Å². The van der Waals surface area contributed by atoms with Crippen molar-refractivity contribution >= 4 is 40.6 Å². The summed E-state index contributed by atoms with van der Waals surface area (Å²) in [5, 5.41) is 10.5. The molecule has 2 amide bonds. The molecule has 8 nitrogen and oxygen atoms in total. The van der Waals surface area contributed by atoms with Gasteiger partial charge in [0.25, 0.3) is 16.8 Å². The third-order valence-corrected chi connectivity index (χ3v) is 5.65. The van der Waals surface area contributed by atoms with E-state index < -0.39 is 10.9 Å². The Morgan fingerprint density at radius 1 is 1.00 bits per heavy atom. The maximum Gasteiger partial charge on any atom is 0.343 e. The van der Waals surface area contributed by atoms with Gasteiger partial charge in [-0.2, -0.15) is 0 Å². The van der Waals surface area contributed by atoms with E-state index in [1.54, 1.807) is 18.2 Å². The molecule has 164 valence electrons. The van der Waals surface area contributed by atoms with Crippen molar-refractivity contribution in [3.63, 3.8) is 0 Å². The summed E-state index contributed by atoms with van der Waals surface area (Å²) in [6.07, 6.45) is 1.60. The summed E-state index contributed by atoms with van der Waals surface area (Å²) in [6.45, 7) is 0.204. The van der Waals surface area contributed by atoms with E-state index in [0.29, 0.717) is 10.5 Å². The van der Waals surface area contributed by atoms with E-state index in [-0.39, 0.29) is 34.7 Å². The summed E-state index contributed by atoms with van der Waals surface area (Å²) in [5.74, 6) is -0.857. The van der Waals surface area contributed by atoms with Crippen LogP contribution >= 0.6 is 11.8 Å². The maximum absolute atomic E-state index is 12.7. The highest BCUT2D eigenvalue weighted by Crippen LogP contribution is 2.33. The van der Waals surface area contributed by atoms with Gasteiger partial charge in [0.2, 0.25) is 0 Å². The van der Waals surface area contributed by atoms with Crippen molar-refractivity contribution in [3.8, 4) is 5.75 Å². The van der Waals surface area contributed by atoms with E-state index in [1.165, 1.54) is 35.2 Å². The predicted molar refractivity (Wildman–Crippen MR) is 122 cm³/mol. The highest BCUT2D eigenvalue weighted by atomic mass is 32.2. The Bertz CT molecular complexity index is 1270. The number of thioether (sulfide) groups is 1. The number of carbonyl (C=O) groups excluding carboxylic acids is 3. The quantitative estimate of drug-likeness (QED) is 0.167. The molecule has 1 heterocycles. The summed E-state index contributed by atoms with van der Waals surface area (Å²) in [7, 11) is 0. The number of carbonyl (C=O) groups is 3. The fourth-order valence-corrected chi connectivity index (χ4v) is 3.94. The van der Waals surface area contributed by atoms with Crippen LogP contribution in [-0.4, -0.2) is 26.9 Å². The van der Waals surface area contributed by atoms with Crippen LogP contribution in [0.2, 0.25) is 0 Å². The minimum atomic E-state index is -0.728. The molecule has 4 rings (SSSR count). The average molecular weight is 460 g/mol. The average Bonchev–Trinajstić information content (AvgIpc) is 3.08. The minimum absolute atomic E-state index is 0.0559. The van der Waals surface area contributed by atoms with Crippen LogP contribution in [0.4, 0.5) is 10.5 Å². The number of nitro groups is 1. The van der Waals surface area contributed by atoms with Gasteiger partial charge in [0.1, 0.15) is 5.75 Å². The fourth-order valence-electron chi connectivity index (χ4n) is 3.10. The minimum Gasteiger partial charge on any atom is -0.423 e. The molecule has 1 fully saturated rings. The lowest BCUT2D eigenvalue weighted by Gasteiger charge is -2.12. The number of non-ortho nitro benzene ring substituents is 1. The van der Waals surface area contributed by atoms with Gasteiger partial charge >= 0.3 is 5.97 Å². The van der Waals surface area contributed by atoms with Crippen LogP contribution in [0.25, 0.3) is 6.08 Å². The van der Waals surface area contributed by atoms with Gasteiger partial charge < -0.3 is 4.74 Å². The number of nitro benzene ring substituents is 1. The third-order valence-electron chi connectivity index (χ3n) is 4.74. The molecular weight excluding hydrogens is 444 g/mol. The van der Waals surface area contributed by atoms with Crippen LogP contribution in [-0.2, 0) is 11.3 Å². The maximum atomic E-state index is 12.7. The number of hydrogen-bond acceptors (Lipinski definition) is 7. The lowest BCUT2D eigenvalue weighted by atomic mass is 10.2. The highest BCUT2D eigenvalue weighted by Gasteiger charge is 2.34. The monoisotopic (exact) mass is 460 g/mol. The third kappa shape index (κ3) is 5.16. The van der Waals surface area contributed by atoms with Crippen molar-refractivity contribution in [2.45, 2.75) is 6.54 Å². The molecule has 9 heteroatoms. The van der Waals surface area contributed by atoms with E-state index in [1.807, 2.05) is 30.3 Å². The molecule has 0 radical (unpaired) electrons. The molecule has 0 N–H and O–H groups in total. The molecule has 3 aromatic rings. The molecule has 1 aliphatic rings. The fraction of sp³-hybridized carbons (Fsp3) is 0.0417. The molecule has 0 atom stereocenters. The number of rotatable bonds is 6. The van der Waals surface area contributed by atoms with Gasteiger partial charge in [-0.15, -0.1) is 0 Å². The molecule has 3 aromatic carbocycles. The molecule has 0 unspecified atom stereocenters. The molecular formula is C24H16N2O6S. The SMILES string of the molecule is O=C(Oc1ccc(/C=C2\SC(=O)N(Cc3ccccc3)C2=O)cc1)c1cccc([N+](=O)[O-])c1.